The molecule has 1 aromatic carbocycles. The topological polar surface area (TPSA) is 99.2 Å². The Balaban J connectivity index is 2.67. The van der Waals surface area contributed by atoms with Gasteiger partial charge in [0.05, 0.1) is 21.5 Å². The molecule has 1 aromatic heterocycles. The summed E-state index contributed by atoms with van der Waals surface area (Å²) in [5.41, 5.74) is 1.08. The Bertz CT molecular complexity index is 685. The Morgan fingerprint density at radius 1 is 1.10 bits per heavy atom. The molecule has 0 saturated heterocycles. The van der Waals surface area contributed by atoms with Gasteiger partial charge in [0, 0.05) is 23.5 Å². The average molecular weight is 273 g/mol. The van der Waals surface area contributed by atoms with Crippen molar-refractivity contribution in [3.05, 3.63) is 62.5 Å². The lowest BCUT2D eigenvalue weighted by atomic mass is 10.0. The average Bonchev–Trinajstić information content (AvgIpc) is 2.46. The maximum Gasteiger partial charge on any atom is 0.284 e. The summed E-state index contributed by atoms with van der Waals surface area (Å²) in [6.45, 7) is 1.89. The number of non-ortho nitro benzene ring substituents is 1. The fourth-order valence-corrected chi connectivity index (χ4v) is 1.98. The van der Waals surface area contributed by atoms with Gasteiger partial charge in [0.15, 0.2) is 0 Å². The quantitative estimate of drug-likeness (QED) is 0.629. The van der Waals surface area contributed by atoms with E-state index in [2.05, 4.69) is 4.98 Å². The van der Waals surface area contributed by atoms with Crippen molar-refractivity contribution in [3.63, 3.8) is 0 Å². The molecule has 7 heteroatoms. The number of rotatable bonds is 4. The fourth-order valence-electron chi connectivity index (χ4n) is 1.98. The van der Waals surface area contributed by atoms with E-state index in [1.807, 2.05) is 6.92 Å². The molecule has 0 aliphatic carbocycles. The molecule has 1 heterocycles. The van der Waals surface area contributed by atoms with Gasteiger partial charge < -0.3 is 0 Å². The van der Waals surface area contributed by atoms with Crippen LogP contribution in [0.4, 0.5) is 11.4 Å². The fraction of sp³-hybridized carbons (Fsp3) is 0.154. The van der Waals surface area contributed by atoms with Crippen molar-refractivity contribution in [2.24, 2.45) is 0 Å². The molecule has 0 unspecified atom stereocenters. The van der Waals surface area contributed by atoms with Crippen molar-refractivity contribution in [2.45, 2.75) is 13.3 Å². The summed E-state index contributed by atoms with van der Waals surface area (Å²) in [7, 11) is 0. The highest BCUT2D eigenvalue weighted by Gasteiger charge is 2.21. The van der Waals surface area contributed by atoms with Crippen LogP contribution in [-0.4, -0.2) is 14.8 Å². The standard InChI is InChI=1S/C13H11N3O4/c1-2-12-10(4-3-7-14-12)11-6-5-9(15(17)18)8-13(11)16(19)20/h3-8H,2H2,1H3. The highest BCUT2D eigenvalue weighted by molar-refractivity contribution is 5.76. The number of aryl methyl sites for hydroxylation is 1. The van der Waals surface area contributed by atoms with Crippen molar-refractivity contribution < 1.29 is 9.85 Å². The first-order valence-electron chi connectivity index (χ1n) is 5.91. The van der Waals surface area contributed by atoms with E-state index in [9.17, 15) is 20.2 Å². The Morgan fingerprint density at radius 3 is 2.45 bits per heavy atom. The number of nitrogens with zero attached hydrogens (tertiary/aromatic N) is 3. The minimum absolute atomic E-state index is 0.290. The number of nitro benzene ring substituents is 2. The Kier molecular flexibility index (Phi) is 3.69. The summed E-state index contributed by atoms with van der Waals surface area (Å²) in [6.07, 6.45) is 2.23. The molecular formula is C13H11N3O4. The van der Waals surface area contributed by atoms with Gasteiger partial charge >= 0.3 is 0 Å². The second-order valence-electron chi connectivity index (χ2n) is 4.07. The molecule has 102 valence electrons. The molecule has 2 aromatic rings. The van der Waals surface area contributed by atoms with Gasteiger partial charge in [0.2, 0.25) is 0 Å². The predicted octanol–water partition coefficient (Wildman–Crippen LogP) is 3.13. The van der Waals surface area contributed by atoms with Gasteiger partial charge in [-0.05, 0) is 18.6 Å². The van der Waals surface area contributed by atoms with Crippen LogP contribution < -0.4 is 0 Å². The summed E-state index contributed by atoms with van der Waals surface area (Å²) in [6, 6.07) is 7.03. The molecule has 0 aliphatic rings. The first kappa shape index (κ1) is 13.6. The van der Waals surface area contributed by atoms with E-state index in [0.717, 1.165) is 6.07 Å². The lowest BCUT2D eigenvalue weighted by molar-refractivity contribution is -0.393. The Labute approximate surface area is 114 Å². The molecule has 2 rings (SSSR count). The number of nitro groups is 2. The van der Waals surface area contributed by atoms with Gasteiger partial charge in [-0.1, -0.05) is 13.0 Å². The van der Waals surface area contributed by atoms with Gasteiger partial charge in [0.25, 0.3) is 11.4 Å². The lowest BCUT2D eigenvalue weighted by Gasteiger charge is -2.07. The van der Waals surface area contributed by atoms with Gasteiger partial charge in [-0.3, -0.25) is 25.2 Å². The molecule has 0 bridgehead atoms. The third-order valence-corrected chi connectivity index (χ3v) is 2.90. The van der Waals surface area contributed by atoms with Crippen molar-refractivity contribution in [2.75, 3.05) is 0 Å². The van der Waals surface area contributed by atoms with Crippen molar-refractivity contribution >= 4 is 11.4 Å². The van der Waals surface area contributed by atoms with Crippen LogP contribution in [0.3, 0.4) is 0 Å². The van der Waals surface area contributed by atoms with Crippen LogP contribution in [0.2, 0.25) is 0 Å². The molecule has 0 fully saturated rings. The third kappa shape index (κ3) is 2.46. The lowest BCUT2D eigenvalue weighted by Crippen LogP contribution is -1.98. The van der Waals surface area contributed by atoms with E-state index in [1.165, 1.54) is 12.1 Å². The van der Waals surface area contributed by atoms with E-state index in [0.29, 0.717) is 23.2 Å². The first-order valence-corrected chi connectivity index (χ1v) is 5.91. The number of pyridine rings is 1. The third-order valence-electron chi connectivity index (χ3n) is 2.90. The molecule has 20 heavy (non-hydrogen) atoms. The van der Waals surface area contributed by atoms with Crippen molar-refractivity contribution in [1.82, 2.24) is 4.98 Å². The van der Waals surface area contributed by atoms with E-state index >= 15 is 0 Å². The van der Waals surface area contributed by atoms with Crippen LogP contribution in [0.1, 0.15) is 12.6 Å². The molecule has 7 nitrogen and oxygen atoms in total. The minimum Gasteiger partial charge on any atom is -0.261 e. The van der Waals surface area contributed by atoms with Crippen LogP contribution in [-0.2, 0) is 6.42 Å². The SMILES string of the molecule is CCc1ncccc1-c1ccc([N+](=O)[O-])cc1[N+](=O)[O-]. The van der Waals surface area contributed by atoms with Crippen LogP contribution in [0.25, 0.3) is 11.1 Å². The number of benzene rings is 1. The van der Waals surface area contributed by atoms with Gasteiger partial charge in [0.1, 0.15) is 0 Å². The van der Waals surface area contributed by atoms with Crippen molar-refractivity contribution in [1.29, 1.82) is 0 Å². The maximum atomic E-state index is 11.1. The molecule has 0 aliphatic heterocycles. The number of aromatic nitrogens is 1. The summed E-state index contributed by atoms with van der Waals surface area (Å²) in [4.78, 5) is 24.8. The number of hydrogen-bond donors (Lipinski definition) is 0. The van der Waals surface area contributed by atoms with E-state index in [-0.39, 0.29) is 11.4 Å². The highest BCUT2D eigenvalue weighted by Crippen LogP contribution is 2.34. The molecule has 0 amide bonds. The van der Waals surface area contributed by atoms with Gasteiger partial charge in [-0.2, -0.15) is 0 Å². The predicted molar refractivity (Wildman–Crippen MR) is 72.4 cm³/mol. The second kappa shape index (κ2) is 5.43. The number of hydrogen-bond acceptors (Lipinski definition) is 5. The highest BCUT2D eigenvalue weighted by atomic mass is 16.6. The molecule has 0 atom stereocenters. The van der Waals surface area contributed by atoms with Crippen LogP contribution >= 0.6 is 0 Å². The first-order chi connectivity index (χ1) is 9.54. The summed E-state index contributed by atoms with van der Waals surface area (Å²) in [5, 5.41) is 21.8. The Morgan fingerprint density at radius 2 is 1.85 bits per heavy atom. The van der Waals surface area contributed by atoms with Crippen LogP contribution in [0.5, 0.6) is 0 Å². The van der Waals surface area contributed by atoms with E-state index in [1.54, 1.807) is 18.3 Å². The van der Waals surface area contributed by atoms with Crippen LogP contribution in [0, 0.1) is 20.2 Å². The van der Waals surface area contributed by atoms with Gasteiger partial charge in [-0.25, -0.2) is 0 Å². The monoisotopic (exact) mass is 273 g/mol. The van der Waals surface area contributed by atoms with E-state index < -0.39 is 9.85 Å². The summed E-state index contributed by atoms with van der Waals surface area (Å²) >= 11 is 0. The molecule has 0 radical (unpaired) electrons. The zero-order chi connectivity index (χ0) is 14.7. The molecular weight excluding hydrogens is 262 g/mol. The van der Waals surface area contributed by atoms with Gasteiger partial charge in [-0.15, -0.1) is 0 Å². The smallest absolute Gasteiger partial charge is 0.261 e. The molecule has 0 saturated carbocycles. The second-order valence-corrected chi connectivity index (χ2v) is 4.07. The van der Waals surface area contributed by atoms with E-state index in [4.69, 9.17) is 0 Å². The normalized spacial score (nSPS) is 10.2. The zero-order valence-electron chi connectivity index (χ0n) is 10.6. The van der Waals surface area contributed by atoms with Crippen LogP contribution in [0.15, 0.2) is 36.5 Å². The maximum absolute atomic E-state index is 11.1. The largest absolute Gasteiger partial charge is 0.284 e. The Hall–Kier alpha value is -2.83. The summed E-state index contributed by atoms with van der Waals surface area (Å²) < 4.78 is 0. The van der Waals surface area contributed by atoms with Crippen molar-refractivity contribution in [3.8, 4) is 11.1 Å². The summed E-state index contributed by atoms with van der Waals surface area (Å²) in [5.74, 6) is 0. The minimum atomic E-state index is -0.652. The zero-order valence-corrected chi connectivity index (χ0v) is 10.6. The molecule has 0 spiro atoms. The molecule has 0 N–H and O–H groups in total.